The number of benzene rings is 1. The molecule has 0 saturated carbocycles. The topological polar surface area (TPSA) is 102 Å². The van der Waals surface area contributed by atoms with Gasteiger partial charge in [-0.1, -0.05) is 11.3 Å². The molecule has 3 aromatic heterocycles. The molecule has 0 unspecified atom stereocenters. The van der Waals surface area contributed by atoms with Crippen molar-refractivity contribution in [3.05, 3.63) is 30.5 Å². The van der Waals surface area contributed by atoms with Crippen LogP contribution in [-0.2, 0) is 4.79 Å². The highest BCUT2D eigenvalue weighted by Crippen LogP contribution is 2.33. The van der Waals surface area contributed by atoms with E-state index >= 15 is 0 Å². The SMILES string of the molecule is COc1nc(N[C@H]2CCN(C(C)=O)C[C@H]2F)nn2ccc(-c3ccc4nnn(C(C)C)c4c3)c12. The summed E-state index contributed by atoms with van der Waals surface area (Å²) in [6, 6.07) is 7.62. The fourth-order valence-corrected chi connectivity index (χ4v) is 4.43. The fraction of sp³-hybridized carbons (Fsp3) is 0.435. The molecule has 0 spiro atoms. The number of carbonyl (C=O) groups is 1. The Kier molecular flexibility index (Phi) is 5.54. The van der Waals surface area contributed by atoms with Crippen LogP contribution in [0.2, 0.25) is 0 Å². The molecule has 1 amide bonds. The number of ether oxygens (including phenoxy) is 1. The molecule has 1 aliphatic rings. The molecule has 1 aliphatic heterocycles. The molecule has 5 rings (SSSR count). The third-order valence-electron chi connectivity index (χ3n) is 6.24. The van der Waals surface area contributed by atoms with Crippen molar-refractivity contribution in [2.75, 3.05) is 25.5 Å². The number of hydrogen-bond acceptors (Lipinski definition) is 7. The Morgan fingerprint density at radius 2 is 2.12 bits per heavy atom. The van der Waals surface area contributed by atoms with Crippen LogP contribution in [0.25, 0.3) is 27.7 Å². The molecule has 11 heteroatoms. The maximum atomic E-state index is 14.7. The molecular weight excluding hydrogens is 439 g/mol. The van der Waals surface area contributed by atoms with Crippen molar-refractivity contribution in [1.82, 2.24) is 34.5 Å². The van der Waals surface area contributed by atoms with Gasteiger partial charge in [-0.15, -0.1) is 10.2 Å². The Hall–Kier alpha value is -3.76. The van der Waals surface area contributed by atoms with Crippen molar-refractivity contribution in [2.45, 2.75) is 45.4 Å². The van der Waals surface area contributed by atoms with Gasteiger partial charge in [-0.25, -0.2) is 13.6 Å². The Morgan fingerprint density at radius 1 is 1.29 bits per heavy atom. The summed E-state index contributed by atoms with van der Waals surface area (Å²) in [5.74, 6) is 0.531. The molecule has 10 nitrogen and oxygen atoms in total. The number of amides is 1. The van der Waals surface area contributed by atoms with Crippen molar-refractivity contribution in [3.8, 4) is 17.0 Å². The number of aromatic nitrogens is 6. The number of rotatable bonds is 5. The summed E-state index contributed by atoms with van der Waals surface area (Å²) in [6.07, 6.45) is 1.08. The predicted molar refractivity (Wildman–Crippen MR) is 126 cm³/mol. The van der Waals surface area contributed by atoms with E-state index in [2.05, 4.69) is 39.6 Å². The minimum Gasteiger partial charge on any atom is -0.479 e. The van der Waals surface area contributed by atoms with Crippen LogP contribution in [-0.4, -0.2) is 72.8 Å². The lowest BCUT2D eigenvalue weighted by molar-refractivity contribution is -0.131. The second kappa shape index (κ2) is 8.54. The standard InChI is InChI=1S/C23H27FN8O2/c1-13(2)32-20-11-15(5-6-19(20)27-29-32)16-7-10-31-21(16)22(34-4)26-23(28-31)25-18-8-9-30(14(3)33)12-17(18)24/h5-7,10-11,13,17-18H,8-9,12H2,1-4H3,(H,25,28)/t17-,18+/m1/s1. The minimum atomic E-state index is -1.21. The number of anilines is 1. The number of carbonyl (C=O) groups excluding carboxylic acids is 1. The Morgan fingerprint density at radius 3 is 2.82 bits per heavy atom. The molecule has 34 heavy (non-hydrogen) atoms. The molecule has 0 radical (unpaired) electrons. The Labute approximate surface area is 195 Å². The first-order valence-electron chi connectivity index (χ1n) is 11.3. The van der Waals surface area contributed by atoms with Crippen molar-refractivity contribution in [3.63, 3.8) is 0 Å². The molecule has 1 fully saturated rings. The molecule has 0 aliphatic carbocycles. The number of alkyl halides is 1. The molecule has 2 atom stereocenters. The van der Waals surface area contributed by atoms with Gasteiger partial charge in [-0.3, -0.25) is 4.79 Å². The summed E-state index contributed by atoms with van der Waals surface area (Å²) < 4.78 is 23.9. The van der Waals surface area contributed by atoms with Crippen LogP contribution in [0.3, 0.4) is 0 Å². The van der Waals surface area contributed by atoms with Gasteiger partial charge in [0.25, 0.3) is 0 Å². The second-order valence-corrected chi connectivity index (χ2v) is 8.82. The van der Waals surface area contributed by atoms with Crippen LogP contribution in [0.1, 0.15) is 33.2 Å². The van der Waals surface area contributed by atoms with Crippen LogP contribution in [0.5, 0.6) is 5.88 Å². The summed E-state index contributed by atoms with van der Waals surface area (Å²) >= 11 is 0. The van der Waals surface area contributed by atoms with Gasteiger partial charge in [0.1, 0.15) is 17.2 Å². The van der Waals surface area contributed by atoms with Crippen molar-refractivity contribution in [2.24, 2.45) is 0 Å². The normalized spacial score (nSPS) is 18.7. The lowest BCUT2D eigenvalue weighted by Gasteiger charge is -2.34. The molecule has 178 valence electrons. The Balaban J connectivity index is 1.48. The van der Waals surface area contributed by atoms with Crippen LogP contribution < -0.4 is 10.1 Å². The Bertz CT molecular complexity index is 1360. The van der Waals surface area contributed by atoms with Crippen LogP contribution in [0.15, 0.2) is 30.5 Å². The average molecular weight is 467 g/mol. The number of hydrogen-bond donors (Lipinski definition) is 1. The summed E-state index contributed by atoms with van der Waals surface area (Å²) in [7, 11) is 1.55. The first-order valence-corrected chi connectivity index (χ1v) is 11.3. The van der Waals surface area contributed by atoms with Gasteiger partial charge in [0.15, 0.2) is 0 Å². The molecule has 1 N–H and O–H groups in total. The number of piperidine rings is 1. The summed E-state index contributed by atoms with van der Waals surface area (Å²) in [5, 5.41) is 16.1. The maximum absolute atomic E-state index is 14.7. The van der Waals surface area contributed by atoms with Crippen LogP contribution in [0, 0.1) is 0 Å². The molecule has 4 heterocycles. The lowest BCUT2D eigenvalue weighted by atomic mass is 10.0. The first kappa shape index (κ1) is 22.1. The van der Waals surface area contributed by atoms with Gasteiger partial charge in [0, 0.05) is 31.3 Å². The van der Waals surface area contributed by atoms with Gasteiger partial charge < -0.3 is 15.0 Å². The smallest absolute Gasteiger partial charge is 0.244 e. The van der Waals surface area contributed by atoms with Gasteiger partial charge in [-0.2, -0.15) is 4.98 Å². The van der Waals surface area contributed by atoms with Crippen molar-refractivity contribution >= 4 is 28.4 Å². The first-order chi connectivity index (χ1) is 16.4. The number of methoxy groups -OCH3 is 1. The van der Waals surface area contributed by atoms with Crippen LogP contribution >= 0.6 is 0 Å². The van der Waals surface area contributed by atoms with Crippen LogP contribution in [0.4, 0.5) is 10.3 Å². The van der Waals surface area contributed by atoms with E-state index in [4.69, 9.17) is 4.74 Å². The summed E-state index contributed by atoms with van der Waals surface area (Å²) in [5.41, 5.74) is 4.34. The van der Waals surface area contributed by atoms with E-state index in [-0.39, 0.29) is 24.4 Å². The zero-order chi connectivity index (χ0) is 24.0. The number of nitrogens with one attached hydrogen (secondary N) is 1. The quantitative estimate of drug-likeness (QED) is 0.482. The van der Waals surface area contributed by atoms with Gasteiger partial charge in [0.2, 0.25) is 17.7 Å². The molecule has 1 aromatic carbocycles. The lowest BCUT2D eigenvalue weighted by Crippen LogP contribution is -2.49. The number of likely N-dealkylation sites (tertiary alicyclic amines) is 1. The van der Waals surface area contributed by atoms with E-state index in [9.17, 15) is 9.18 Å². The second-order valence-electron chi connectivity index (χ2n) is 8.82. The largest absolute Gasteiger partial charge is 0.479 e. The molecule has 0 bridgehead atoms. The summed E-state index contributed by atoms with van der Waals surface area (Å²) in [6.45, 7) is 6.13. The third-order valence-corrected chi connectivity index (χ3v) is 6.24. The molecule has 4 aromatic rings. The zero-order valence-corrected chi connectivity index (χ0v) is 19.6. The summed E-state index contributed by atoms with van der Waals surface area (Å²) in [4.78, 5) is 17.6. The molecule has 1 saturated heterocycles. The van der Waals surface area contributed by atoms with Crippen molar-refractivity contribution in [1.29, 1.82) is 0 Å². The number of nitrogens with zero attached hydrogens (tertiary/aromatic N) is 7. The average Bonchev–Trinajstić information content (AvgIpc) is 3.43. The maximum Gasteiger partial charge on any atom is 0.244 e. The van der Waals surface area contributed by atoms with E-state index < -0.39 is 12.2 Å². The van der Waals surface area contributed by atoms with E-state index in [1.54, 1.807) is 11.6 Å². The van der Waals surface area contributed by atoms with Gasteiger partial charge >= 0.3 is 0 Å². The van der Waals surface area contributed by atoms with Gasteiger partial charge in [-0.05, 0) is 44.0 Å². The highest BCUT2D eigenvalue weighted by atomic mass is 19.1. The van der Waals surface area contributed by atoms with Crippen molar-refractivity contribution < 1.29 is 13.9 Å². The highest BCUT2D eigenvalue weighted by Gasteiger charge is 2.31. The minimum absolute atomic E-state index is 0.0599. The fourth-order valence-electron chi connectivity index (χ4n) is 4.43. The third kappa shape index (κ3) is 3.80. The van der Waals surface area contributed by atoms with Gasteiger partial charge in [0.05, 0.1) is 25.2 Å². The van der Waals surface area contributed by atoms with E-state index in [1.807, 2.05) is 35.1 Å². The van der Waals surface area contributed by atoms with E-state index in [0.717, 1.165) is 22.2 Å². The van der Waals surface area contributed by atoms with E-state index in [0.29, 0.717) is 24.4 Å². The highest BCUT2D eigenvalue weighted by molar-refractivity contribution is 5.89. The predicted octanol–water partition coefficient (Wildman–Crippen LogP) is 3.10. The number of fused-ring (bicyclic) bond motifs is 2. The number of halogens is 1. The molecular formula is C23H27FN8O2. The zero-order valence-electron chi connectivity index (χ0n) is 19.6. The monoisotopic (exact) mass is 466 g/mol. The van der Waals surface area contributed by atoms with E-state index in [1.165, 1.54) is 11.8 Å².